The Balaban J connectivity index is 1.50. The Kier molecular flexibility index (Phi) is 6.18. The lowest BCUT2D eigenvalue weighted by Crippen LogP contribution is -2.46. The zero-order valence-corrected chi connectivity index (χ0v) is 18.9. The molecule has 0 saturated carbocycles. The molecule has 2 aliphatic rings. The normalized spacial score (nSPS) is 20.5. The van der Waals surface area contributed by atoms with E-state index in [0.717, 1.165) is 17.4 Å². The summed E-state index contributed by atoms with van der Waals surface area (Å²) in [5.74, 6) is 0.888. The van der Waals surface area contributed by atoms with E-state index in [0.29, 0.717) is 37.6 Å². The van der Waals surface area contributed by atoms with Crippen LogP contribution in [-0.2, 0) is 11.3 Å². The molecule has 0 bridgehead atoms. The predicted octanol–water partition coefficient (Wildman–Crippen LogP) is 3.14. The van der Waals surface area contributed by atoms with Crippen LogP contribution in [0, 0.1) is 5.92 Å². The Morgan fingerprint density at radius 1 is 1.19 bits per heavy atom. The van der Waals surface area contributed by atoms with Gasteiger partial charge in [-0.15, -0.1) is 0 Å². The highest BCUT2D eigenvalue weighted by Gasteiger charge is 2.35. The largest absolute Gasteiger partial charge is 0.493 e. The number of nitrogens with one attached hydrogen (secondary N) is 1. The molecule has 2 heterocycles. The highest BCUT2D eigenvalue weighted by atomic mass is 16.6. The molecule has 0 spiro atoms. The highest BCUT2D eigenvalue weighted by molar-refractivity contribution is 6.32. The van der Waals surface area contributed by atoms with Crippen molar-refractivity contribution in [3.05, 3.63) is 59.2 Å². The van der Waals surface area contributed by atoms with Crippen molar-refractivity contribution >= 4 is 25.3 Å². The maximum Gasteiger partial charge on any atom is 0.410 e. The van der Waals surface area contributed by atoms with Gasteiger partial charge in [-0.1, -0.05) is 35.8 Å². The van der Waals surface area contributed by atoms with Crippen molar-refractivity contribution in [3.8, 4) is 5.75 Å². The number of piperidine rings is 1. The van der Waals surface area contributed by atoms with Crippen molar-refractivity contribution < 1.29 is 19.1 Å². The van der Waals surface area contributed by atoms with Crippen molar-refractivity contribution in [1.82, 2.24) is 10.2 Å². The van der Waals surface area contributed by atoms with E-state index in [-0.39, 0.29) is 23.8 Å². The first kappa shape index (κ1) is 22.2. The summed E-state index contributed by atoms with van der Waals surface area (Å²) in [5, 5.41) is 2.82. The summed E-state index contributed by atoms with van der Waals surface area (Å²) < 4.78 is 11.7. The molecule has 6 nitrogen and oxygen atoms in total. The van der Waals surface area contributed by atoms with Crippen molar-refractivity contribution in [1.29, 1.82) is 0 Å². The molecule has 0 unspecified atom stereocenters. The monoisotopic (exact) mass is 432 g/mol. The third-order valence-corrected chi connectivity index (χ3v) is 5.98. The van der Waals surface area contributed by atoms with Crippen LogP contribution in [0.15, 0.2) is 42.5 Å². The zero-order chi connectivity index (χ0) is 22.9. The van der Waals surface area contributed by atoms with Gasteiger partial charge in [-0.2, -0.15) is 0 Å². The standard InChI is InChI=1S/C25H29BN2O4/c1-25(2,3)32-24(30)28-11-10-21(16-4-7-19(26)8-5-16)18(14-28)15-31-20-9-6-17-13-27-23(29)22(17)12-20/h4-9,12,18,21H,10-11,13-15H2,1-3H3,(H,27,29)/t18-,21-/m0/s1. The molecule has 0 aromatic heterocycles. The van der Waals surface area contributed by atoms with Gasteiger partial charge in [0.1, 0.15) is 19.2 Å². The molecule has 32 heavy (non-hydrogen) atoms. The maximum absolute atomic E-state index is 12.7. The predicted molar refractivity (Wildman–Crippen MR) is 124 cm³/mol. The molecule has 2 radical (unpaired) electrons. The van der Waals surface area contributed by atoms with Crippen LogP contribution >= 0.6 is 0 Å². The maximum atomic E-state index is 12.7. The van der Waals surface area contributed by atoms with E-state index in [1.165, 1.54) is 5.56 Å². The summed E-state index contributed by atoms with van der Waals surface area (Å²) in [5.41, 5.74) is 3.02. The first-order chi connectivity index (χ1) is 15.2. The number of hydrogen-bond donors (Lipinski definition) is 1. The fourth-order valence-electron chi connectivity index (χ4n) is 4.36. The van der Waals surface area contributed by atoms with Crippen molar-refractivity contribution in [3.63, 3.8) is 0 Å². The molecule has 2 atom stereocenters. The van der Waals surface area contributed by atoms with E-state index >= 15 is 0 Å². The van der Waals surface area contributed by atoms with Crippen LogP contribution in [-0.4, -0.2) is 50.0 Å². The molecule has 2 aromatic carbocycles. The fraction of sp³-hybridized carbons (Fsp3) is 0.440. The van der Waals surface area contributed by atoms with Crippen molar-refractivity contribution in [2.75, 3.05) is 19.7 Å². The number of likely N-dealkylation sites (tertiary alicyclic amines) is 1. The molecule has 1 fully saturated rings. The van der Waals surface area contributed by atoms with Gasteiger partial charge >= 0.3 is 6.09 Å². The first-order valence-electron chi connectivity index (χ1n) is 11.1. The number of rotatable bonds is 4. The zero-order valence-electron chi connectivity index (χ0n) is 18.9. The molecule has 7 heteroatoms. The van der Waals surface area contributed by atoms with Gasteiger partial charge in [-0.25, -0.2) is 4.79 Å². The lowest BCUT2D eigenvalue weighted by molar-refractivity contribution is 0.0111. The van der Waals surface area contributed by atoms with Crippen LogP contribution in [0.4, 0.5) is 4.79 Å². The number of hydrogen-bond acceptors (Lipinski definition) is 4. The van der Waals surface area contributed by atoms with Gasteiger partial charge in [0.25, 0.3) is 5.91 Å². The number of ether oxygens (including phenoxy) is 2. The average Bonchev–Trinajstić information content (AvgIpc) is 3.12. The first-order valence-corrected chi connectivity index (χ1v) is 11.1. The molecule has 1 saturated heterocycles. The molecular weight excluding hydrogens is 403 g/mol. The van der Waals surface area contributed by atoms with E-state index < -0.39 is 5.60 Å². The van der Waals surface area contributed by atoms with Crippen LogP contribution < -0.4 is 15.5 Å². The Hall–Kier alpha value is -2.96. The third-order valence-electron chi connectivity index (χ3n) is 5.98. The summed E-state index contributed by atoms with van der Waals surface area (Å²) in [6.07, 6.45) is 0.511. The summed E-state index contributed by atoms with van der Waals surface area (Å²) in [4.78, 5) is 26.4. The summed E-state index contributed by atoms with van der Waals surface area (Å²) >= 11 is 0. The van der Waals surface area contributed by atoms with E-state index in [1.807, 2.05) is 45.0 Å². The molecule has 2 aromatic rings. The fourth-order valence-corrected chi connectivity index (χ4v) is 4.36. The highest BCUT2D eigenvalue weighted by Crippen LogP contribution is 2.34. The van der Waals surface area contributed by atoms with E-state index in [4.69, 9.17) is 17.3 Å². The third kappa shape index (κ3) is 5.09. The summed E-state index contributed by atoms with van der Waals surface area (Å²) in [6, 6.07) is 13.5. The van der Waals surface area contributed by atoms with Crippen molar-refractivity contribution in [2.45, 2.75) is 45.3 Å². The Morgan fingerprint density at radius 3 is 2.66 bits per heavy atom. The van der Waals surface area contributed by atoms with Crippen LogP contribution in [0.1, 0.15) is 54.6 Å². The number of benzene rings is 2. The molecule has 2 amide bonds. The van der Waals surface area contributed by atoms with E-state index in [1.54, 1.807) is 11.0 Å². The van der Waals surface area contributed by atoms with Crippen LogP contribution in [0.25, 0.3) is 0 Å². The van der Waals surface area contributed by atoms with Crippen LogP contribution in [0.5, 0.6) is 5.75 Å². The SMILES string of the molecule is [B]c1ccc([C@@H]2CCN(C(=O)OC(C)(C)C)C[C@H]2COc2ccc3c(c2)C(=O)NC3)cc1. The van der Waals surface area contributed by atoms with Gasteiger partial charge < -0.3 is 19.7 Å². The van der Waals surface area contributed by atoms with Gasteiger partial charge in [-0.05, 0) is 56.4 Å². The number of carbonyl (C=O) groups excluding carboxylic acids is 2. The van der Waals surface area contributed by atoms with Gasteiger partial charge in [0.15, 0.2) is 0 Å². The number of amides is 2. The van der Waals surface area contributed by atoms with Gasteiger partial charge in [0, 0.05) is 31.1 Å². The van der Waals surface area contributed by atoms with Crippen LogP contribution in [0.3, 0.4) is 0 Å². The molecule has 2 aliphatic heterocycles. The molecule has 4 rings (SSSR count). The topological polar surface area (TPSA) is 67.9 Å². The summed E-state index contributed by atoms with van der Waals surface area (Å²) in [7, 11) is 5.88. The molecule has 166 valence electrons. The quantitative estimate of drug-likeness (QED) is 0.754. The van der Waals surface area contributed by atoms with Crippen LogP contribution in [0.2, 0.25) is 0 Å². The minimum Gasteiger partial charge on any atom is -0.493 e. The number of nitrogens with zero attached hydrogens (tertiary/aromatic N) is 1. The lowest BCUT2D eigenvalue weighted by atomic mass is 9.80. The van der Waals surface area contributed by atoms with Gasteiger partial charge in [-0.3, -0.25) is 4.79 Å². The smallest absolute Gasteiger partial charge is 0.410 e. The van der Waals surface area contributed by atoms with Gasteiger partial charge in [0.2, 0.25) is 0 Å². The Labute approximate surface area is 190 Å². The molecular formula is C25H29BN2O4. The van der Waals surface area contributed by atoms with Crippen molar-refractivity contribution in [2.24, 2.45) is 5.92 Å². The molecule has 1 N–H and O–H groups in total. The Morgan fingerprint density at radius 2 is 1.94 bits per heavy atom. The second-order valence-corrected chi connectivity index (χ2v) is 9.56. The minimum absolute atomic E-state index is 0.0704. The van der Waals surface area contributed by atoms with Gasteiger partial charge in [0.05, 0.1) is 6.61 Å². The Bertz CT molecular complexity index is 1000. The number of carbonyl (C=O) groups is 2. The minimum atomic E-state index is -0.540. The van der Waals surface area contributed by atoms with E-state index in [2.05, 4.69) is 17.4 Å². The number of fused-ring (bicyclic) bond motifs is 1. The molecule has 0 aliphatic carbocycles. The van der Waals surface area contributed by atoms with E-state index in [9.17, 15) is 9.59 Å². The average molecular weight is 432 g/mol. The second-order valence-electron chi connectivity index (χ2n) is 9.56. The summed E-state index contributed by atoms with van der Waals surface area (Å²) in [6.45, 7) is 7.76. The lowest BCUT2D eigenvalue weighted by Gasteiger charge is -2.39. The second kappa shape index (κ2) is 8.89.